The van der Waals surface area contributed by atoms with E-state index in [1.807, 2.05) is 13.8 Å². The minimum absolute atomic E-state index is 0.0163. The fraction of sp³-hybridized carbons (Fsp3) is 0.588. The van der Waals surface area contributed by atoms with Gasteiger partial charge in [0.25, 0.3) is 0 Å². The van der Waals surface area contributed by atoms with Crippen molar-refractivity contribution in [3.05, 3.63) is 23.8 Å². The van der Waals surface area contributed by atoms with Crippen molar-refractivity contribution in [1.29, 1.82) is 0 Å². The molecule has 0 heterocycles. The number of carbonyl (C=O) groups is 1. The number of likely N-dealkylation sites (N-methyl/N-ethyl adjacent to an activating group) is 1. The van der Waals surface area contributed by atoms with E-state index in [9.17, 15) is 9.90 Å². The number of nitrogens with zero attached hydrogens (tertiary/aromatic N) is 1. The normalized spacial score (nSPS) is 12.1. The Labute approximate surface area is 132 Å². The number of methoxy groups -OCH3 is 2. The van der Waals surface area contributed by atoms with Crippen LogP contribution in [0.5, 0.6) is 11.5 Å². The molecule has 0 spiro atoms. The van der Waals surface area contributed by atoms with E-state index in [-0.39, 0.29) is 18.4 Å². The van der Waals surface area contributed by atoms with Crippen LogP contribution in [0.1, 0.15) is 38.4 Å². The smallest absolute Gasteiger partial charge is 0.225 e. The fourth-order valence-corrected chi connectivity index (χ4v) is 2.46. The number of amides is 1. The lowest BCUT2D eigenvalue weighted by molar-refractivity contribution is -0.135. The van der Waals surface area contributed by atoms with Crippen molar-refractivity contribution in [1.82, 2.24) is 4.90 Å². The molecule has 1 rings (SSSR count). The van der Waals surface area contributed by atoms with Crippen LogP contribution in [0.15, 0.2) is 18.2 Å². The number of benzene rings is 1. The highest BCUT2D eigenvalue weighted by Crippen LogP contribution is 2.30. The van der Waals surface area contributed by atoms with E-state index in [1.165, 1.54) is 0 Å². The van der Waals surface area contributed by atoms with Gasteiger partial charge in [0.15, 0.2) is 11.5 Å². The summed E-state index contributed by atoms with van der Waals surface area (Å²) in [6, 6.07) is 5.26. The van der Waals surface area contributed by atoms with Gasteiger partial charge >= 0.3 is 0 Å². The first kappa shape index (κ1) is 18.3. The first-order valence-corrected chi connectivity index (χ1v) is 7.63. The summed E-state index contributed by atoms with van der Waals surface area (Å²) in [6.07, 6.45) is 0.862. The monoisotopic (exact) mass is 309 g/mol. The number of hydrogen-bond acceptors (Lipinski definition) is 4. The SMILES string of the molecule is CCC(CC)C(=O)N(C)CC(O)c1ccc(OC)c(OC)c1. The summed E-state index contributed by atoms with van der Waals surface area (Å²) >= 11 is 0. The molecular formula is C17H27NO4. The van der Waals surface area contributed by atoms with Gasteiger partial charge in [-0.15, -0.1) is 0 Å². The Morgan fingerprint density at radius 2 is 1.77 bits per heavy atom. The average molecular weight is 309 g/mol. The zero-order valence-electron chi connectivity index (χ0n) is 14.1. The van der Waals surface area contributed by atoms with Gasteiger partial charge in [0, 0.05) is 13.0 Å². The molecule has 0 aromatic heterocycles. The molecule has 1 atom stereocenters. The van der Waals surface area contributed by atoms with Crippen molar-refractivity contribution in [2.45, 2.75) is 32.8 Å². The lowest BCUT2D eigenvalue weighted by Gasteiger charge is -2.25. The largest absolute Gasteiger partial charge is 0.493 e. The highest BCUT2D eigenvalue weighted by atomic mass is 16.5. The topological polar surface area (TPSA) is 59.0 Å². The molecule has 1 amide bonds. The molecule has 0 aliphatic heterocycles. The molecule has 5 nitrogen and oxygen atoms in total. The van der Waals surface area contributed by atoms with Crippen molar-refractivity contribution in [2.75, 3.05) is 27.8 Å². The van der Waals surface area contributed by atoms with Crippen LogP contribution in [0, 0.1) is 5.92 Å². The number of hydrogen-bond donors (Lipinski definition) is 1. The molecule has 0 radical (unpaired) electrons. The Morgan fingerprint density at radius 1 is 1.18 bits per heavy atom. The Kier molecular flexibility index (Phi) is 7.18. The fourth-order valence-electron chi connectivity index (χ4n) is 2.46. The van der Waals surface area contributed by atoms with E-state index < -0.39 is 6.10 Å². The van der Waals surface area contributed by atoms with E-state index in [1.54, 1.807) is 44.4 Å². The molecule has 1 aromatic carbocycles. The second-order valence-electron chi connectivity index (χ2n) is 5.36. The highest BCUT2D eigenvalue weighted by molar-refractivity contribution is 5.78. The third kappa shape index (κ3) is 4.37. The molecule has 0 saturated carbocycles. The molecule has 1 unspecified atom stereocenters. The summed E-state index contributed by atoms with van der Waals surface area (Å²) in [7, 11) is 4.84. The van der Waals surface area contributed by atoms with E-state index in [0.29, 0.717) is 17.1 Å². The van der Waals surface area contributed by atoms with Gasteiger partial charge in [0.2, 0.25) is 5.91 Å². The van der Waals surface area contributed by atoms with Crippen LogP contribution in [-0.4, -0.2) is 43.7 Å². The average Bonchev–Trinajstić information content (AvgIpc) is 2.54. The minimum atomic E-state index is -0.761. The zero-order valence-corrected chi connectivity index (χ0v) is 14.1. The summed E-state index contributed by atoms with van der Waals surface area (Å²) in [5.41, 5.74) is 0.696. The van der Waals surface area contributed by atoms with Crippen molar-refractivity contribution >= 4 is 5.91 Å². The van der Waals surface area contributed by atoms with E-state index >= 15 is 0 Å². The minimum Gasteiger partial charge on any atom is -0.493 e. The standard InChI is InChI=1S/C17H27NO4/c1-6-12(7-2)17(20)18(3)11-14(19)13-8-9-15(21-4)16(10-13)22-5/h8-10,12,14,19H,6-7,11H2,1-5H3. The molecule has 0 aliphatic carbocycles. The van der Waals surface area contributed by atoms with Crippen LogP contribution in [-0.2, 0) is 4.79 Å². The Bertz CT molecular complexity index is 486. The zero-order chi connectivity index (χ0) is 16.7. The predicted octanol–water partition coefficient (Wildman–Crippen LogP) is 2.63. The summed E-state index contributed by atoms with van der Waals surface area (Å²) in [4.78, 5) is 13.9. The summed E-state index contributed by atoms with van der Waals surface area (Å²) in [5, 5.41) is 10.4. The van der Waals surface area contributed by atoms with Crippen LogP contribution >= 0.6 is 0 Å². The lowest BCUT2D eigenvalue weighted by atomic mass is 10.0. The number of carbonyl (C=O) groups excluding carboxylic acids is 1. The first-order valence-electron chi connectivity index (χ1n) is 7.63. The van der Waals surface area contributed by atoms with Gasteiger partial charge < -0.3 is 19.5 Å². The maximum absolute atomic E-state index is 12.3. The number of ether oxygens (including phenoxy) is 2. The quantitative estimate of drug-likeness (QED) is 0.802. The Morgan fingerprint density at radius 3 is 2.27 bits per heavy atom. The molecule has 5 heteroatoms. The third-order valence-electron chi connectivity index (χ3n) is 3.95. The molecular weight excluding hydrogens is 282 g/mol. The Hall–Kier alpha value is -1.75. The Balaban J connectivity index is 2.80. The summed E-state index contributed by atoms with van der Waals surface area (Å²) in [5.74, 6) is 1.26. The van der Waals surface area contributed by atoms with Crippen LogP contribution in [0.3, 0.4) is 0 Å². The number of aliphatic hydroxyl groups excluding tert-OH is 1. The van der Waals surface area contributed by atoms with Crippen molar-refractivity contribution in [2.24, 2.45) is 5.92 Å². The molecule has 0 bridgehead atoms. The molecule has 22 heavy (non-hydrogen) atoms. The second kappa shape index (κ2) is 8.63. The third-order valence-corrected chi connectivity index (χ3v) is 3.95. The second-order valence-corrected chi connectivity index (χ2v) is 5.36. The molecule has 0 fully saturated rings. The molecule has 1 N–H and O–H groups in total. The predicted molar refractivity (Wildman–Crippen MR) is 86.2 cm³/mol. The van der Waals surface area contributed by atoms with Crippen molar-refractivity contribution < 1.29 is 19.4 Å². The summed E-state index contributed by atoms with van der Waals surface area (Å²) in [6.45, 7) is 4.26. The van der Waals surface area contributed by atoms with Gasteiger partial charge in [-0.25, -0.2) is 0 Å². The van der Waals surface area contributed by atoms with E-state index in [0.717, 1.165) is 12.8 Å². The van der Waals surface area contributed by atoms with Crippen molar-refractivity contribution in [3.8, 4) is 11.5 Å². The van der Waals surface area contributed by atoms with E-state index in [4.69, 9.17) is 9.47 Å². The summed E-state index contributed by atoms with van der Waals surface area (Å²) < 4.78 is 10.4. The van der Waals surface area contributed by atoms with Gasteiger partial charge in [0.05, 0.1) is 26.9 Å². The molecule has 124 valence electrons. The van der Waals surface area contributed by atoms with Crippen LogP contribution in [0.4, 0.5) is 0 Å². The van der Waals surface area contributed by atoms with Gasteiger partial charge in [0.1, 0.15) is 0 Å². The van der Waals surface area contributed by atoms with Crippen molar-refractivity contribution in [3.63, 3.8) is 0 Å². The van der Waals surface area contributed by atoms with Gasteiger partial charge in [-0.05, 0) is 30.5 Å². The molecule has 0 aliphatic rings. The van der Waals surface area contributed by atoms with Crippen LogP contribution in [0.2, 0.25) is 0 Å². The van der Waals surface area contributed by atoms with Gasteiger partial charge in [-0.2, -0.15) is 0 Å². The first-order chi connectivity index (χ1) is 10.5. The van der Waals surface area contributed by atoms with Gasteiger partial charge in [-0.1, -0.05) is 19.9 Å². The molecule has 1 aromatic rings. The number of rotatable bonds is 8. The number of aliphatic hydroxyl groups is 1. The maximum atomic E-state index is 12.3. The van der Waals surface area contributed by atoms with Crippen LogP contribution in [0.25, 0.3) is 0 Å². The molecule has 0 saturated heterocycles. The highest BCUT2D eigenvalue weighted by Gasteiger charge is 2.21. The van der Waals surface area contributed by atoms with Gasteiger partial charge in [-0.3, -0.25) is 4.79 Å². The van der Waals surface area contributed by atoms with Crippen LogP contribution < -0.4 is 9.47 Å². The van der Waals surface area contributed by atoms with E-state index in [2.05, 4.69) is 0 Å². The maximum Gasteiger partial charge on any atom is 0.225 e. The lowest BCUT2D eigenvalue weighted by Crippen LogP contribution is -2.35.